The number of fused-ring (bicyclic) bond motifs is 1. The number of nitrogens with zero attached hydrogens (tertiary/aromatic N) is 2. The van der Waals surface area contributed by atoms with Crippen LogP contribution in [0.4, 0.5) is 5.82 Å². The minimum atomic E-state index is 0.500. The van der Waals surface area contributed by atoms with Gasteiger partial charge in [0.1, 0.15) is 11.4 Å². The molecule has 20 heavy (non-hydrogen) atoms. The van der Waals surface area contributed by atoms with E-state index in [9.17, 15) is 0 Å². The first-order valence-electron chi connectivity index (χ1n) is 7.18. The molecule has 5 nitrogen and oxygen atoms in total. The number of methoxy groups -OCH3 is 1. The van der Waals surface area contributed by atoms with Gasteiger partial charge in [-0.25, -0.2) is 4.98 Å². The van der Waals surface area contributed by atoms with Crippen LogP contribution in [0.15, 0.2) is 29.0 Å². The maximum atomic E-state index is 5.47. The largest absolute Gasteiger partial charge is 0.464 e. The van der Waals surface area contributed by atoms with E-state index < -0.39 is 0 Å². The third kappa shape index (κ3) is 2.64. The second kappa shape index (κ2) is 6.24. The Morgan fingerprint density at radius 2 is 2.45 bits per heavy atom. The standard InChI is InChI=1S/C15H21N3O2/c1-19-10-7-16-11-12-3-2-8-18(12)15-13-5-9-20-14(13)4-6-17-15/h4-6,9,12,16H,2-3,7-8,10-11H2,1H3. The summed E-state index contributed by atoms with van der Waals surface area (Å²) in [4.78, 5) is 6.97. The third-order valence-electron chi connectivity index (χ3n) is 3.87. The first kappa shape index (κ1) is 13.4. The predicted molar refractivity (Wildman–Crippen MR) is 79.1 cm³/mol. The summed E-state index contributed by atoms with van der Waals surface area (Å²) in [5, 5.41) is 4.56. The molecule has 1 unspecified atom stereocenters. The SMILES string of the molecule is COCCNCC1CCCN1c1nccc2occc12. The topological polar surface area (TPSA) is 50.5 Å². The molecule has 1 N–H and O–H groups in total. The second-order valence-corrected chi connectivity index (χ2v) is 5.15. The van der Waals surface area contributed by atoms with Crippen LogP contribution in [0.1, 0.15) is 12.8 Å². The number of hydrogen-bond acceptors (Lipinski definition) is 5. The molecule has 0 saturated carbocycles. The second-order valence-electron chi connectivity index (χ2n) is 5.15. The van der Waals surface area contributed by atoms with E-state index in [2.05, 4.69) is 15.2 Å². The summed E-state index contributed by atoms with van der Waals surface area (Å²) in [5.74, 6) is 1.05. The zero-order valence-electron chi connectivity index (χ0n) is 11.8. The lowest BCUT2D eigenvalue weighted by Gasteiger charge is -2.26. The van der Waals surface area contributed by atoms with E-state index in [0.29, 0.717) is 6.04 Å². The molecule has 3 heterocycles. The summed E-state index contributed by atoms with van der Waals surface area (Å²) in [6, 6.07) is 4.42. The summed E-state index contributed by atoms with van der Waals surface area (Å²) in [6.07, 6.45) is 5.98. The van der Waals surface area contributed by atoms with E-state index in [4.69, 9.17) is 9.15 Å². The molecule has 1 aliphatic heterocycles. The van der Waals surface area contributed by atoms with Crippen molar-refractivity contribution in [2.75, 3.05) is 38.3 Å². The van der Waals surface area contributed by atoms with Gasteiger partial charge in [0.25, 0.3) is 0 Å². The molecule has 1 fully saturated rings. The quantitative estimate of drug-likeness (QED) is 0.818. The number of nitrogens with one attached hydrogen (secondary N) is 1. The highest BCUT2D eigenvalue weighted by Crippen LogP contribution is 2.30. The summed E-state index contributed by atoms with van der Waals surface area (Å²) in [6.45, 7) is 3.68. The fraction of sp³-hybridized carbons (Fsp3) is 0.533. The van der Waals surface area contributed by atoms with E-state index in [1.165, 1.54) is 12.8 Å². The van der Waals surface area contributed by atoms with Crippen molar-refractivity contribution in [1.82, 2.24) is 10.3 Å². The van der Waals surface area contributed by atoms with Crippen LogP contribution < -0.4 is 10.2 Å². The Bertz CT molecular complexity index is 555. The molecule has 1 atom stereocenters. The number of rotatable bonds is 6. The average molecular weight is 275 g/mol. The van der Waals surface area contributed by atoms with Crippen LogP contribution >= 0.6 is 0 Å². The lowest BCUT2D eigenvalue weighted by molar-refractivity contribution is 0.199. The maximum absolute atomic E-state index is 5.47. The van der Waals surface area contributed by atoms with E-state index in [1.54, 1.807) is 13.4 Å². The van der Waals surface area contributed by atoms with Crippen molar-refractivity contribution in [1.29, 1.82) is 0 Å². The molecule has 0 amide bonds. The van der Waals surface area contributed by atoms with Gasteiger partial charge in [-0.2, -0.15) is 0 Å². The van der Waals surface area contributed by atoms with E-state index >= 15 is 0 Å². The molecule has 2 aromatic heterocycles. The smallest absolute Gasteiger partial charge is 0.139 e. The van der Waals surface area contributed by atoms with Crippen molar-refractivity contribution in [3.63, 3.8) is 0 Å². The highest BCUT2D eigenvalue weighted by Gasteiger charge is 2.26. The van der Waals surface area contributed by atoms with Crippen LogP contribution in [-0.4, -0.2) is 44.4 Å². The van der Waals surface area contributed by atoms with Gasteiger partial charge in [0.15, 0.2) is 0 Å². The molecule has 0 radical (unpaired) electrons. The Labute approximate surface area is 118 Å². The maximum Gasteiger partial charge on any atom is 0.139 e. The van der Waals surface area contributed by atoms with Crippen molar-refractivity contribution in [3.05, 3.63) is 24.6 Å². The molecule has 0 spiro atoms. The van der Waals surface area contributed by atoms with Gasteiger partial charge in [-0.05, 0) is 25.0 Å². The van der Waals surface area contributed by atoms with Crippen LogP contribution in [0.2, 0.25) is 0 Å². The molecule has 1 saturated heterocycles. The molecule has 1 aliphatic rings. The molecular weight excluding hydrogens is 254 g/mol. The Morgan fingerprint density at radius 1 is 1.50 bits per heavy atom. The number of hydrogen-bond donors (Lipinski definition) is 1. The fourth-order valence-corrected chi connectivity index (χ4v) is 2.88. The molecule has 0 bridgehead atoms. The van der Waals surface area contributed by atoms with Gasteiger partial charge in [0, 0.05) is 39.0 Å². The van der Waals surface area contributed by atoms with Crippen molar-refractivity contribution in [2.24, 2.45) is 0 Å². The van der Waals surface area contributed by atoms with Gasteiger partial charge in [-0.3, -0.25) is 0 Å². The van der Waals surface area contributed by atoms with Crippen LogP contribution in [0.25, 0.3) is 11.0 Å². The Balaban J connectivity index is 1.73. The number of furan rings is 1. The highest BCUT2D eigenvalue weighted by atomic mass is 16.5. The molecule has 0 aromatic carbocycles. The minimum Gasteiger partial charge on any atom is -0.464 e. The van der Waals surface area contributed by atoms with Crippen LogP contribution in [0.3, 0.4) is 0 Å². The molecule has 2 aromatic rings. The normalized spacial score (nSPS) is 19.1. The van der Waals surface area contributed by atoms with Crippen molar-refractivity contribution in [3.8, 4) is 0 Å². The first-order chi connectivity index (χ1) is 9.90. The fourth-order valence-electron chi connectivity index (χ4n) is 2.88. The number of ether oxygens (including phenoxy) is 1. The van der Waals surface area contributed by atoms with Crippen LogP contribution in [0.5, 0.6) is 0 Å². The zero-order chi connectivity index (χ0) is 13.8. The average Bonchev–Trinajstić information content (AvgIpc) is 3.11. The molecule has 5 heteroatoms. The number of pyridine rings is 1. The summed E-state index contributed by atoms with van der Waals surface area (Å²) in [7, 11) is 1.73. The number of anilines is 1. The van der Waals surface area contributed by atoms with Gasteiger partial charge < -0.3 is 19.4 Å². The van der Waals surface area contributed by atoms with Crippen molar-refractivity contribution >= 4 is 16.8 Å². The number of aromatic nitrogens is 1. The highest BCUT2D eigenvalue weighted by molar-refractivity contribution is 5.88. The van der Waals surface area contributed by atoms with Gasteiger partial charge in [-0.15, -0.1) is 0 Å². The third-order valence-corrected chi connectivity index (χ3v) is 3.87. The molecular formula is C15H21N3O2. The minimum absolute atomic E-state index is 0.500. The van der Waals surface area contributed by atoms with Gasteiger partial charge in [0.2, 0.25) is 0 Å². The Hall–Kier alpha value is -1.59. The Morgan fingerprint density at radius 3 is 3.35 bits per heavy atom. The molecule has 108 valence electrons. The molecule has 0 aliphatic carbocycles. The molecule has 3 rings (SSSR count). The van der Waals surface area contributed by atoms with E-state index in [0.717, 1.165) is 43.0 Å². The van der Waals surface area contributed by atoms with Gasteiger partial charge in [0.05, 0.1) is 18.3 Å². The first-order valence-corrected chi connectivity index (χ1v) is 7.18. The van der Waals surface area contributed by atoms with E-state index in [1.807, 2.05) is 18.3 Å². The zero-order valence-corrected chi connectivity index (χ0v) is 11.8. The van der Waals surface area contributed by atoms with E-state index in [-0.39, 0.29) is 0 Å². The lowest BCUT2D eigenvalue weighted by atomic mass is 10.2. The summed E-state index contributed by atoms with van der Waals surface area (Å²) >= 11 is 0. The van der Waals surface area contributed by atoms with Crippen molar-refractivity contribution in [2.45, 2.75) is 18.9 Å². The summed E-state index contributed by atoms with van der Waals surface area (Å²) < 4.78 is 10.5. The summed E-state index contributed by atoms with van der Waals surface area (Å²) in [5.41, 5.74) is 0.910. The van der Waals surface area contributed by atoms with Crippen LogP contribution in [0, 0.1) is 0 Å². The van der Waals surface area contributed by atoms with Crippen molar-refractivity contribution < 1.29 is 9.15 Å². The van der Waals surface area contributed by atoms with Gasteiger partial charge in [-0.1, -0.05) is 0 Å². The van der Waals surface area contributed by atoms with Crippen LogP contribution in [-0.2, 0) is 4.74 Å². The predicted octanol–water partition coefficient (Wildman–Crippen LogP) is 2.03. The Kier molecular flexibility index (Phi) is 4.18. The van der Waals surface area contributed by atoms with Gasteiger partial charge >= 0.3 is 0 Å². The monoisotopic (exact) mass is 275 g/mol. The lowest BCUT2D eigenvalue weighted by Crippen LogP contribution is -2.39.